The minimum absolute atomic E-state index is 0.457. The third-order valence-electron chi connectivity index (χ3n) is 2.53. The molecule has 0 saturated carbocycles. The topological polar surface area (TPSA) is 76.7 Å². The van der Waals surface area contributed by atoms with Crippen LogP contribution in [0.2, 0.25) is 0 Å². The molecule has 2 N–H and O–H groups in total. The van der Waals surface area contributed by atoms with Gasteiger partial charge in [0, 0.05) is 11.8 Å². The van der Waals surface area contributed by atoms with Gasteiger partial charge in [-0.2, -0.15) is 0 Å². The van der Waals surface area contributed by atoms with Gasteiger partial charge < -0.3 is 20.1 Å². The summed E-state index contributed by atoms with van der Waals surface area (Å²) in [7, 11) is 2.83. The number of esters is 1. The van der Waals surface area contributed by atoms with Gasteiger partial charge in [-0.05, 0) is 18.6 Å². The second-order valence-corrected chi connectivity index (χ2v) is 3.81. The van der Waals surface area contributed by atoms with E-state index >= 15 is 0 Å². The second-order valence-electron chi connectivity index (χ2n) is 3.81. The molecule has 1 aromatic carbocycles. The third-order valence-corrected chi connectivity index (χ3v) is 2.53. The molecule has 0 aliphatic heterocycles. The van der Waals surface area contributed by atoms with Gasteiger partial charge in [-0.1, -0.05) is 13.0 Å². The van der Waals surface area contributed by atoms with E-state index in [0.29, 0.717) is 17.9 Å². The quantitative estimate of drug-likeness (QED) is 0.796. The van der Waals surface area contributed by atoms with Crippen LogP contribution in [0.4, 0.5) is 10.5 Å². The summed E-state index contributed by atoms with van der Waals surface area (Å²) >= 11 is 0. The van der Waals surface area contributed by atoms with Crippen LogP contribution < -0.4 is 15.4 Å². The number of benzene rings is 1. The van der Waals surface area contributed by atoms with Crippen molar-refractivity contribution in [1.82, 2.24) is 5.32 Å². The fourth-order valence-corrected chi connectivity index (χ4v) is 1.50. The van der Waals surface area contributed by atoms with Crippen LogP contribution in [0.25, 0.3) is 0 Å². The molecule has 0 aliphatic carbocycles. The first-order valence-corrected chi connectivity index (χ1v) is 5.90. The van der Waals surface area contributed by atoms with Crippen molar-refractivity contribution in [3.63, 3.8) is 0 Å². The summed E-state index contributed by atoms with van der Waals surface area (Å²) in [5.41, 5.74) is 0.580. The Bertz CT molecular complexity index is 448. The van der Waals surface area contributed by atoms with E-state index in [1.54, 1.807) is 38.3 Å². The Morgan fingerprint density at radius 2 is 2.05 bits per heavy atom. The van der Waals surface area contributed by atoms with E-state index in [4.69, 9.17) is 4.74 Å². The molecule has 0 heterocycles. The predicted molar refractivity (Wildman–Crippen MR) is 71.2 cm³/mol. The second kappa shape index (κ2) is 7.25. The average Bonchev–Trinajstić information content (AvgIpc) is 2.44. The van der Waals surface area contributed by atoms with Crippen LogP contribution in [0, 0.1) is 0 Å². The zero-order valence-electron chi connectivity index (χ0n) is 11.2. The fourth-order valence-electron chi connectivity index (χ4n) is 1.50. The average molecular weight is 266 g/mol. The van der Waals surface area contributed by atoms with E-state index in [1.807, 2.05) is 0 Å². The van der Waals surface area contributed by atoms with E-state index in [2.05, 4.69) is 15.4 Å². The van der Waals surface area contributed by atoms with Crippen LogP contribution >= 0.6 is 0 Å². The Hall–Kier alpha value is -2.24. The van der Waals surface area contributed by atoms with Gasteiger partial charge in [0.15, 0.2) is 0 Å². The Morgan fingerprint density at radius 1 is 1.32 bits per heavy atom. The van der Waals surface area contributed by atoms with Crippen LogP contribution in [0.1, 0.15) is 13.3 Å². The molecule has 0 saturated heterocycles. The zero-order chi connectivity index (χ0) is 14.3. The normalized spacial score (nSPS) is 11.3. The van der Waals surface area contributed by atoms with Gasteiger partial charge in [0.25, 0.3) is 0 Å². The number of carbonyl (C=O) groups is 2. The summed E-state index contributed by atoms with van der Waals surface area (Å²) in [5.74, 6) is 0.168. The first kappa shape index (κ1) is 14.8. The minimum Gasteiger partial charge on any atom is -0.497 e. The molecule has 2 amide bonds. The smallest absolute Gasteiger partial charge is 0.328 e. The molecule has 0 fully saturated rings. The highest BCUT2D eigenvalue weighted by atomic mass is 16.5. The van der Waals surface area contributed by atoms with E-state index < -0.39 is 18.0 Å². The molecule has 0 bridgehead atoms. The Morgan fingerprint density at radius 3 is 2.63 bits per heavy atom. The number of anilines is 1. The molecule has 1 atom stereocenters. The number of ether oxygens (including phenoxy) is 2. The van der Waals surface area contributed by atoms with Gasteiger partial charge in [0.2, 0.25) is 0 Å². The highest BCUT2D eigenvalue weighted by Gasteiger charge is 2.19. The number of nitrogens with one attached hydrogen (secondary N) is 2. The summed E-state index contributed by atoms with van der Waals surface area (Å²) in [5, 5.41) is 5.16. The molecule has 1 rings (SSSR count). The molecular weight excluding hydrogens is 248 g/mol. The molecular formula is C13H18N2O4. The largest absolute Gasteiger partial charge is 0.497 e. The van der Waals surface area contributed by atoms with E-state index in [-0.39, 0.29) is 0 Å². The number of amides is 2. The fraction of sp³-hybridized carbons (Fsp3) is 0.385. The van der Waals surface area contributed by atoms with Crippen LogP contribution in [-0.4, -0.2) is 32.3 Å². The number of rotatable bonds is 5. The van der Waals surface area contributed by atoms with Crippen molar-refractivity contribution < 1.29 is 19.1 Å². The summed E-state index contributed by atoms with van der Waals surface area (Å²) in [6.07, 6.45) is 0.457. The molecule has 6 nitrogen and oxygen atoms in total. The number of carbonyl (C=O) groups excluding carboxylic acids is 2. The number of urea groups is 1. The molecule has 1 aromatic rings. The lowest BCUT2D eigenvalue weighted by Crippen LogP contribution is -2.43. The summed E-state index contributed by atoms with van der Waals surface area (Å²) in [6, 6.07) is 5.80. The number of methoxy groups -OCH3 is 2. The van der Waals surface area contributed by atoms with Gasteiger partial charge in [0.05, 0.1) is 14.2 Å². The first-order valence-electron chi connectivity index (χ1n) is 5.90. The van der Waals surface area contributed by atoms with E-state index in [9.17, 15) is 9.59 Å². The van der Waals surface area contributed by atoms with Crippen molar-refractivity contribution in [2.45, 2.75) is 19.4 Å². The molecule has 0 radical (unpaired) electrons. The zero-order valence-corrected chi connectivity index (χ0v) is 11.2. The molecule has 0 spiro atoms. The van der Waals surface area contributed by atoms with Gasteiger partial charge in [-0.15, -0.1) is 0 Å². The van der Waals surface area contributed by atoms with E-state index in [1.165, 1.54) is 7.11 Å². The highest BCUT2D eigenvalue weighted by molar-refractivity contribution is 5.92. The third kappa shape index (κ3) is 4.50. The van der Waals surface area contributed by atoms with Crippen LogP contribution in [0.15, 0.2) is 24.3 Å². The molecule has 6 heteroatoms. The maximum atomic E-state index is 11.7. The number of hydrogen-bond acceptors (Lipinski definition) is 4. The summed E-state index contributed by atoms with van der Waals surface area (Å²) < 4.78 is 9.64. The number of hydrogen-bond donors (Lipinski definition) is 2. The van der Waals surface area contributed by atoms with Crippen LogP contribution in [0.3, 0.4) is 0 Å². The Labute approximate surface area is 112 Å². The molecule has 0 aromatic heterocycles. The lowest BCUT2D eigenvalue weighted by Gasteiger charge is -2.15. The summed E-state index contributed by atoms with van der Waals surface area (Å²) in [6.45, 7) is 1.79. The van der Waals surface area contributed by atoms with Crippen LogP contribution in [-0.2, 0) is 9.53 Å². The maximum Gasteiger partial charge on any atom is 0.328 e. The molecule has 1 unspecified atom stereocenters. The highest BCUT2D eigenvalue weighted by Crippen LogP contribution is 2.16. The van der Waals surface area contributed by atoms with Gasteiger partial charge in [-0.25, -0.2) is 9.59 Å². The van der Waals surface area contributed by atoms with Gasteiger partial charge in [0.1, 0.15) is 11.8 Å². The van der Waals surface area contributed by atoms with Crippen molar-refractivity contribution in [2.75, 3.05) is 19.5 Å². The van der Waals surface area contributed by atoms with Crippen molar-refractivity contribution in [2.24, 2.45) is 0 Å². The summed E-state index contributed by atoms with van der Waals surface area (Å²) in [4.78, 5) is 23.1. The molecule has 19 heavy (non-hydrogen) atoms. The van der Waals surface area contributed by atoms with E-state index in [0.717, 1.165) is 0 Å². The first-order chi connectivity index (χ1) is 9.10. The minimum atomic E-state index is -0.657. The Kier molecular flexibility index (Phi) is 5.66. The monoisotopic (exact) mass is 266 g/mol. The van der Waals surface area contributed by atoms with Crippen molar-refractivity contribution in [3.8, 4) is 5.75 Å². The molecule has 104 valence electrons. The lowest BCUT2D eigenvalue weighted by molar-refractivity contribution is -0.142. The Balaban J connectivity index is 2.61. The van der Waals surface area contributed by atoms with Crippen molar-refractivity contribution in [3.05, 3.63) is 24.3 Å². The van der Waals surface area contributed by atoms with Crippen molar-refractivity contribution >= 4 is 17.7 Å². The SMILES string of the molecule is CCC(NC(=O)Nc1cccc(OC)c1)C(=O)OC. The standard InChI is InChI=1S/C13H18N2O4/c1-4-11(12(16)19-3)15-13(17)14-9-6-5-7-10(8-9)18-2/h5-8,11H,4H2,1-3H3,(H2,14,15,17). The van der Waals surface area contributed by atoms with Crippen LogP contribution in [0.5, 0.6) is 5.75 Å². The van der Waals surface area contributed by atoms with Gasteiger partial charge >= 0.3 is 12.0 Å². The van der Waals surface area contributed by atoms with Crippen molar-refractivity contribution in [1.29, 1.82) is 0 Å². The lowest BCUT2D eigenvalue weighted by atomic mass is 10.2. The maximum absolute atomic E-state index is 11.7. The molecule has 0 aliphatic rings. The predicted octanol–water partition coefficient (Wildman–Crippen LogP) is 1.77. The van der Waals surface area contributed by atoms with Gasteiger partial charge in [-0.3, -0.25) is 0 Å².